The van der Waals surface area contributed by atoms with Crippen molar-refractivity contribution in [2.24, 2.45) is 17.4 Å². The van der Waals surface area contributed by atoms with Crippen LogP contribution < -0.4 is 16.2 Å². The van der Waals surface area contributed by atoms with Gasteiger partial charge in [0.1, 0.15) is 17.3 Å². The van der Waals surface area contributed by atoms with E-state index in [9.17, 15) is 4.79 Å². The molecule has 2 heterocycles. The van der Waals surface area contributed by atoms with Gasteiger partial charge in [-0.15, -0.1) is 11.3 Å². The lowest BCUT2D eigenvalue weighted by Gasteiger charge is -2.28. The van der Waals surface area contributed by atoms with Crippen molar-refractivity contribution in [2.45, 2.75) is 76.4 Å². The number of rotatable bonds is 6. The van der Waals surface area contributed by atoms with Crippen molar-refractivity contribution in [3.63, 3.8) is 0 Å². The van der Waals surface area contributed by atoms with E-state index in [4.69, 9.17) is 16.2 Å². The fraction of sp³-hybridized carbons (Fsp3) is 0.650. The van der Waals surface area contributed by atoms with Gasteiger partial charge in [-0.2, -0.15) is 0 Å². The number of fused-ring (bicyclic) bond motifs is 3. The summed E-state index contributed by atoms with van der Waals surface area (Å²) in [7, 11) is 0. The van der Waals surface area contributed by atoms with Gasteiger partial charge in [0, 0.05) is 4.88 Å². The molecule has 2 aliphatic carbocycles. The molecule has 0 radical (unpaired) electrons. The summed E-state index contributed by atoms with van der Waals surface area (Å²) in [5.41, 5.74) is 12.6. The Bertz CT molecular complexity index is 829. The fourth-order valence-corrected chi connectivity index (χ4v) is 5.84. The van der Waals surface area contributed by atoms with Crippen molar-refractivity contribution in [1.82, 2.24) is 9.97 Å². The first-order valence-corrected chi connectivity index (χ1v) is 10.9. The van der Waals surface area contributed by atoms with Gasteiger partial charge in [0.15, 0.2) is 0 Å². The van der Waals surface area contributed by atoms with Crippen LogP contribution in [0.4, 0.5) is 0 Å². The molecule has 2 aromatic heterocycles. The zero-order valence-electron chi connectivity index (χ0n) is 15.8. The quantitative estimate of drug-likeness (QED) is 0.790. The Morgan fingerprint density at radius 2 is 2.07 bits per heavy atom. The van der Waals surface area contributed by atoms with Gasteiger partial charge in [0.25, 0.3) is 0 Å². The van der Waals surface area contributed by atoms with Gasteiger partial charge in [-0.1, -0.05) is 13.3 Å². The number of amides is 1. The van der Waals surface area contributed by atoms with Crippen molar-refractivity contribution >= 4 is 27.5 Å². The first-order valence-electron chi connectivity index (χ1n) is 10.0. The standard InChI is InChI=1S/C20H28N4O2S/c1-2-11-3-6-13(7-4-11)26-19-17-16-12(9-14(21)18(22)25)5-8-15(16)27-20(17)24-10-23-19/h10-14H,2-9,21H2,1H3,(H2,22,25)/t11?,12-,13?,14+/m1/s1. The Hall–Kier alpha value is -1.73. The van der Waals surface area contributed by atoms with Crippen LogP contribution in [0, 0.1) is 5.92 Å². The number of aromatic nitrogens is 2. The van der Waals surface area contributed by atoms with Gasteiger partial charge in [-0.25, -0.2) is 9.97 Å². The molecule has 1 saturated carbocycles. The van der Waals surface area contributed by atoms with E-state index in [1.54, 1.807) is 17.7 Å². The summed E-state index contributed by atoms with van der Waals surface area (Å²) in [6, 6.07) is -0.616. The van der Waals surface area contributed by atoms with Crippen molar-refractivity contribution in [3.8, 4) is 5.88 Å². The Morgan fingerprint density at radius 3 is 2.78 bits per heavy atom. The van der Waals surface area contributed by atoms with Gasteiger partial charge >= 0.3 is 0 Å². The molecule has 0 bridgehead atoms. The smallest absolute Gasteiger partial charge is 0.234 e. The second-order valence-corrected chi connectivity index (χ2v) is 9.03. The number of carbonyl (C=O) groups is 1. The van der Waals surface area contributed by atoms with Gasteiger partial charge in [-0.05, 0) is 62.3 Å². The van der Waals surface area contributed by atoms with Crippen molar-refractivity contribution in [1.29, 1.82) is 0 Å². The molecule has 2 atom stereocenters. The number of primary amides is 1. The summed E-state index contributed by atoms with van der Waals surface area (Å²) in [5.74, 6) is 1.32. The van der Waals surface area contributed by atoms with E-state index in [0.29, 0.717) is 12.3 Å². The maximum atomic E-state index is 11.4. The Balaban J connectivity index is 1.60. The topological polar surface area (TPSA) is 104 Å². The SMILES string of the molecule is CCC1CCC(Oc2ncnc3sc4c(c23)[C@@H](C[C@H](N)C(N)=O)CC4)CC1. The Morgan fingerprint density at radius 1 is 1.30 bits per heavy atom. The third-order valence-electron chi connectivity index (χ3n) is 6.25. The minimum Gasteiger partial charge on any atom is -0.474 e. The fourth-order valence-electron chi connectivity index (χ4n) is 4.60. The van der Waals surface area contributed by atoms with Crippen LogP contribution >= 0.6 is 11.3 Å². The molecule has 6 nitrogen and oxygen atoms in total. The number of ether oxygens (including phenoxy) is 1. The molecule has 0 aliphatic heterocycles. The Labute approximate surface area is 163 Å². The third kappa shape index (κ3) is 3.67. The van der Waals surface area contributed by atoms with Crippen LogP contribution in [-0.4, -0.2) is 28.0 Å². The highest BCUT2D eigenvalue weighted by Gasteiger charge is 2.32. The molecule has 4 N–H and O–H groups in total. The van der Waals surface area contributed by atoms with Crippen molar-refractivity contribution in [2.75, 3.05) is 0 Å². The van der Waals surface area contributed by atoms with E-state index in [2.05, 4.69) is 16.9 Å². The third-order valence-corrected chi connectivity index (χ3v) is 7.42. The number of carbonyl (C=O) groups excluding carboxylic acids is 1. The van der Waals surface area contributed by atoms with Crippen LogP contribution in [0.5, 0.6) is 5.88 Å². The minimum absolute atomic E-state index is 0.223. The summed E-state index contributed by atoms with van der Waals surface area (Å²) in [4.78, 5) is 22.7. The average molecular weight is 389 g/mol. The molecule has 2 aliphatic rings. The molecule has 0 saturated heterocycles. The predicted molar refractivity (Wildman–Crippen MR) is 107 cm³/mol. The van der Waals surface area contributed by atoms with E-state index in [1.807, 2.05) is 0 Å². The Kier molecular flexibility index (Phi) is 5.32. The molecule has 0 unspecified atom stereocenters. The van der Waals surface area contributed by atoms with Crippen LogP contribution in [-0.2, 0) is 11.2 Å². The maximum absolute atomic E-state index is 11.4. The maximum Gasteiger partial charge on any atom is 0.234 e. The van der Waals surface area contributed by atoms with E-state index in [0.717, 1.165) is 41.8 Å². The summed E-state index contributed by atoms with van der Waals surface area (Å²) >= 11 is 1.72. The predicted octanol–water partition coefficient (Wildman–Crippen LogP) is 3.27. The number of nitrogens with two attached hydrogens (primary N) is 2. The number of hydrogen-bond donors (Lipinski definition) is 2. The average Bonchev–Trinajstić information content (AvgIpc) is 3.22. The number of nitrogens with zero attached hydrogens (tertiary/aromatic N) is 2. The van der Waals surface area contributed by atoms with E-state index in [1.165, 1.54) is 29.7 Å². The second kappa shape index (κ2) is 7.72. The molecule has 27 heavy (non-hydrogen) atoms. The first-order chi connectivity index (χ1) is 13.1. The van der Waals surface area contributed by atoms with Gasteiger partial charge in [0.05, 0.1) is 11.4 Å². The van der Waals surface area contributed by atoms with Crippen LogP contribution in [0.1, 0.15) is 68.2 Å². The lowest BCUT2D eigenvalue weighted by Crippen LogP contribution is -2.37. The normalized spacial score (nSPS) is 26.1. The molecule has 7 heteroatoms. The first kappa shape index (κ1) is 18.6. The van der Waals surface area contributed by atoms with E-state index in [-0.39, 0.29) is 12.0 Å². The molecular weight excluding hydrogens is 360 g/mol. The van der Waals surface area contributed by atoms with Gasteiger partial charge < -0.3 is 16.2 Å². The number of aryl methyl sites for hydroxylation is 1. The van der Waals surface area contributed by atoms with E-state index >= 15 is 0 Å². The lowest BCUT2D eigenvalue weighted by atomic mass is 9.86. The van der Waals surface area contributed by atoms with Crippen LogP contribution in [0.25, 0.3) is 10.2 Å². The zero-order valence-corrected chi connectivity index (χ0v) is 16.6. The molecule has 146 valence electrons. The molecule has 1 amide bonds. The highest BCUT2D eigenvalue weighted by molar-refractivity contribution is 7.19. The van der Waals surface area contributed by atoms with Crippen molar-refractivity contribution < 1.29 is 9.53 Å². The minimum atomic E-state index is -0.616. The van der Waals surface area contributed by atoms with Crippen LogP contribution in [0.2, 0.25) is 0 Å². The lowest BCUT2D eigenvalue weighted by molar-refractivity contribution is -0.119. The molecule has 4 rings (SSSR count). The van der Waals surface area contributed by atoms with Crippen LogP contribution in [0.3, 0.4) is 0 Å². The highest BCUT2D eigenvalue weighted by Crippen LogP contribution is 2.47. The molecule has 1 fully saturated rings. The summed E-state index contributed by atoms with van der Waals surface area (Å²) < 4.78 is 6.38. The zero-order chi connectivity index (χ0) is 19.0. The summed E-state index contributed by atoms with van der Waals surface area (Å²) in [5, 5.41) is 1.04. The van der Waals surface area contributed by atoms with Gasteiger partial charge in [0.2, 0.25) is 11.8 Å². The van der Waals surface area contributed by atoms with Crippen LogP contribution in [0.15, 0.2) is 6.33 Å². The summed E-state index contributed by atoms with van der Waals surface area (Å²) in [6.07, 6.45) is 10.3. The van der Waals surface area contributed by atoms with E-state index < -0.39 is 11.9 Å². The molecular formula is C20H28N4O2S. The molecule has 0 aromatic carbocycles. The van der Waals surface area contributed by atoms with Crippen molar-refractivity contribution in [3.05, 3.63) is 16.8 Å². The van der Waals surface area contributed by atoms with Gasteiger partial charge in [-0.3, -0.25) is 4.79 Å². The monoisotopic (exact) mass is 388 g/mol. The highest BCUT2D eigenvalue weighted by atomic mass is 32.1. The molecule has 2 aromatic rings. The number of thiophene rings is 1. The second-order valence-electron chi connectivity index (χ2n) is 7.95. The number of hydrogen-bond acceptors (Lipinski definition) is 6. The largest absolute Gasteiger partial charge is 0.474 e. The molecule has 0 spiro atoms. The summed E-state index contributed by atoms with van der Waals surface area (Å²) in [6.45, 7) is 2.27.